The van der Waals surface area contributed by atoms with Crippen molar-refractivity contribution in [3.63, 3.8) is 0 Å². The van der Waals surface area contributed by atoms with Gasteiger partial charge in [-0.3, -0.25) is 9.58 Å². The van der Waals surface area contributed by atoms with Gasteiger partial charge in [-0.2, -0.15) is 5.10 Å². The molecule has 2 N–H and O–H groups in total. The van der Waals surface area contributed by atoms with Crippen molar-refractivity contribution in [2.75, 3.05) is 13.1 Å². The Morgan fingerprint density at radius 1 is 1.56 bits per heavy atom. The van der Waals surface area contributed by atoms with Crippen LogP contribution in [0, 0.1) is 0 Å². The lowest BCUT2D eigenvalue weighted by Crippen LogP contribution is -2.26. The first-order valence-electron chi connectivity index (χ1n) is 5.67. The Hall–Kier alpha value is -0.580. The Balaban J connectivity index is 0.00000128. The molecule has 2 heterocycles. The quantitative estimate of drug-likeness (QED) is 0.875. The Morgan fingerprint density at radius 3 is 2.81 bits per heavy atom. The highest BCUT2D eigenvalue weighted by molar-refractivity contribution is 5.85. The Morgan fingerprint density at radius 2 is 2.31 bits per heavy atom. The predicted molar refractivity (Wildman–Crippen MR) is 67.7 cm³/mol. The van der Waals surface area contributed by atoms with Gasteiger partial charge < -0.3 is 5.73 Å². The fourth-order valence-corrected chi connectivity index (χ4v) is 1.98. The van der Waals surface area contributed by atoms with E-state index in [0.717, 1.165) is 31.7 Å². The summed E-state index contributed by atoms with van der Waals surface area (Å²) in [6.07, 6.45) is 3.17. The zero-order chi connectivity index (χ0) is 10.8. The van der Waals surface area contributed by atoms with E-state index >= 15 is 0 Å². The summed E-state index contributed by atoms with van der Waals surface area (Å²) in [4.78, 5) is 2.37. The predicted octanol–water partition coefficient (Wildman–Crippen LogP) is 1.42. The lowest BCUT2D eigenvalue weighted by atomic mass is 10.3. The second-order valence-electron chi connectivity index (χ2n) is 4.66. The van der Waals surface area contributed by atoms with Crippen LogP contribution in [0.5, 0.6) is 0 Å². The average molecular weight is 245 g/mol. The van der Waals surface area contributed by atoms with Crippen LogP contribution >= 0.6 is 12.4 Å². The molecule has 0 saturated carbocycles. The SMILES string of the molecule is CC(C)n1ccc(CN2CCC(N)C2)n1.Cl. The molecule has 0 amide bonds. The first-order chi connectivity index (χ1) is 7.15. The number of rotatable bonds is 3. The van der Waals surface area contributed by atoms with Gasteiger partial charge in [0.2, 0.25) is 0 Å². The number of nitrogens with zero attached hydrogens (tertiary/aromatic N) is 3. The van der Waals surface area contributed by atoms with E-state index in [1.165, 1.54) is 0 Å². The van der Waals surface area contributed by atoms with Crippen molar-refractivity contribution >= 4 is 12.4 Å². The van der Waals surface area contributed by atoms with Crippen LogP contribution in [0.25, 0.3) is 0 Å². The first-order valence-corrected chi connectivity index (χ1v) is 5.67. The normalized spacial score (nSPS) is 21.4. The summed E-state index contributed by atoms with van der Waals surface area (Å²) in [6.45, 7) is 7.34. The minimum Gasteiger partial charge on any atom is -0.326 e. The van der Waals surface area contributed by atoms with E-state index in [1.807, 2.05) is 4.68 Å². The van der Waals surface area contributed by atoms with Crippen LogP contribution in [-0.4, -0.2) is 33.8 Å². The van der Waals surface area contributed by atoms with Crippen LogP contribution in [0.2, 0.25) is 0 Å². The van der Waals surface area contributed by atoms with Gasteiger partial charge in [0.25, 0.3) is 0 Å². The van der Waals surface area contributed by atoms with Crippen LogP contribution in [0.1, 0.15) is 32.0 Å². The molecule has 1 atom stereocenters. The van der Waals surface area contributed by atoms with Crippen LogP contribution in [0.3, 0.4) is 0 Å². The lowest BCUT2D eigenvalue weighted by molar-refractivity contribution is 0.320. The maximum atomic E-state index is 5.86. The summed E-state index contributed by atoms with van der Waals surface area (Å²) in [5.41, 5.74) is 7.02. The lowest BCUT2D eigenvalue weighted by Gasteiger charge is -2.13. The van der Waals surface area contributed by atoms with Crippen molar-refractivity contribution in [1.29, 1.82) is 0 Å². The van der Waals surface area contributed by atoms with Crippen molar-refractivity contribution < 1.29 is 0 Å². The van der Waals surface area contributed by atoms with E-state index in [2.05, 4.69) is 36.1 Å². The van der Waals surface area contributed by atoms with Gasteiger partial charge in [-0.25, -0.2) is 0 Å². The van der Waals surface area contributed by atoms with Gasteiger partial charge in [0.1, 0.15) is 0 Å². The molecule has 1 aromatic heterocycles. The summed E-state index contributed by atoms with van der Waals surface area (Å²) in [5, 5.41) is 4.53. The Labute approximate surface area is 103 Å². The molecular weight excluding hydrogens is 224 g/mol. The van der Waals surface area contributed by atoms with E-state index in [4.69, 9.17) is 5.73 Å². The van der Waals surface area contributed by atoms with Crippen molar-refractivity contribution in [1.82, 2.24) is 14.7 Å². The zero-order valence-corrected chi connectivity index (χ0v) is 10.8. The van der Waals surface area contributed by atoms with Crippen molar-refractivity contribution in [3.8, 4) is 0 Å². The molecule has 0 aromatic carbocycles. The molecule has 4 nitrogen and oxygen atoms in total. The van der Waals surface area contributed by atoms with Crippen LogP contribution < -0.4 is 5.73 Å². The monoisotopic (exact) mass is 244 g/mol. The molecule has 5 heteroatoms. The largest absolute Gasteiger partial charge is 0.326 e. The minimum atomic E-state index is 0. The van der Waals surface area contributed by atoms with E-state index < -0.39 is 0 Å². The fourth-order valence-electron chi connectivity index (χ4n) is 1.98. The molecule has 0 bridgehead atoms. The molecule has 2 rings (SSSR count). The molecule has 92 valence electrons. The fraction of sp³-hybridized carbons (Fsp3) is 0.727. The summed E-state index contributed by atoms with van der Waals surface area (Å²) >= 11 is 0. The van der Waals surface area contributed by atoms with Crippen molar-refractivity contribution in [2.45, 2.75) is 38.9 Å². The van der Waals surface area contributed by atoms with Gasteiger partial charge in [-0.15, -0.1) is 12.4 Å². The minimum absolute atomic E-state index is 0. The highest BCUT2D eigenvalue weighted by atomic mass is 35.5. The Bertz CT molecular complexity index is 324. The van der Waals surface area contributed by atoms with Gasteiger partial charge in [-0.1, -0.05) is 0 Å². The summed E-state index contributed by atoms with van der Waals surface area (Å²) in [6, 6.07) is 2.90. The number of aromatic nitrogens is 2. The van der Waals surface area contributed by atoms with Gasteiger partial charge in [-0.05, 0) is 26.3 Å². The van der Waals surface area contributed by atoms with Crippen LogP contribution in [-0.2, 0) is 6.54 Å². The third-order valence-corrected chi connectivity index (χ3v) is 2.89. The van der Waals surface area contributed by atoms with E-state index in [1.54, 1.807) is 0 Å². The zero-order valence-electron chi connectivity index (χ0n) is 9.97. The third-order valence-electron chi connectivity index (χ3n) is 2.89. The number of hydrogen-bond acceptors (Lipinski definition) is 3. The molecule has 1 aliphatic heterocycles. The van der Waals surface area contributed by atoms with Gasteiger partial charge in [0.05, 0.1) is 5.69 Å². The number of nitrogens with two attached hydrogens (primary N) is 1. The van der Waals surface area contributed by atoms with Gasteiger partial charge in [0.15, 0.2) is 0 Å². The van der Waals surface area contributed by atoms with Gasteiger partial charge >= 0.3 is 0 Å². The molecule has 0 aliphatic carbocycles. The standard InChI is InChI=1S/C11H20N4.ClH/c1-9(2)15-6-4-11(13-15)8-14-5-3-10(12)7-14;/h4,6,9-10H,3,5,7-8,12H2,1-2H3;1H. The summed E-state index contributed by atoms with van der Waals surface area (Å²) in [5.74, 6) is 0. The van der Waals surface area contributed by atoms with E-state index in [-0.39, 0.29) is 12.4 Å². The van der Waals surface area contributed by atoms with Crippen LogP contribution in [0.4, 0.5) is 0 Å². The molecule has 0 spiro atoms. The highest BCUT2D eigenvalue weighted by Crippen LogP contribution is 2.12. The number of likely N-dealkylation sites (tertiary alicyclic amines) is 1. The maximum absolute atomic E-state index is 5.86. The summed E-state index contributed by atoms with van der Waals surface area (Å²) < 4.78 is 2.01. The average Bonchev–Trinajstić information content (AvgIpc) is 2.76. The first kappa shape index (κ1) is 13.5. The van der Waals surface area contributed by atoms with Gasteiger partial charge in [0, 0.05) is 37.9 Å². The topological polar surface area (TPSA) is 47.1 Å². The van der Waals surface area contributed by atoms with E-state index in [0.29, 0.717) is 12.1 Å². The van der Waals surface area contributed by atoms with Crippen LogP contribution in [0.15, 0.2) is 12.3 Å². The highest BCUT2D eigenvalue weighted by Gasteiger charge is 2.19. The van der Waals surface area contributed by atoms with Crippen molar-refractivity contribution in [2.24, 2.45) is 5.73 Å². The molecule has 0 radical (unpaired) electrons. The number of halogens is 1. The molecular formula is C11H21ClN4. The Kier molecular flexibility index (Phi) is 4.77. The molecule has 1 saturated heterocycles. The second-order valence-corrected chi connectivity index (χ2v) is 4.66. The molecule has 1 aliphatic rings. The number of hydrogen-bond donors (Lipinski definition) is 1. The second kappa shape index (κ2) is 5.66. The smallest absolute Gasteiger partial charge is 0.0764 e. The van der Waals surface area contributed by atoms with E-state index in [9.17, 15) is 0 Å². The molecule has 1 unspecified atom stereocenters. The molecule has 1 fully saturated rings. The molecule has 1 aromatic rings. The third kappa shape index (κ3) is 3.20. The molecule has 16 heavy (non-hydrogen) atoms. The van der Waals surface area contributed by atoms with Crippen molar-refractivity contribution in [3.05, 3.63) is 18.0 Å². The maximum Gasteiger partial charge on any atom is 0.0764 e. The summed E-state index contributed by atoms with van der Waals surface area (Å²) in [7, 11) is 0.